The van der Waals surface area contributed by atoms with Crippen LogP contribution in [0.25, 0.3) is 0 Å². The summed E-state index contributed by atoms with van der Waals surface area (Å²) in [6, 6.07) is 8.05. The molecule has 0 saturated carbocycles. The summed E-state index contributed by atoms with van der Waals surface area (Å²) in [6.45, 7) is 3.12. The van der Waals surface area contributed by atoms with Crippen LogP contribution in [0.15, 0.2) is 29.6 Å². The van der Waals surface area contributed by atoms with Crippen molar-refractivity contribution in [2.45, 2.75) is 24.7 Å². The second-order valence-electron chi connectivity index (χ2n) is 8.19. The number of amides is 1. The minimum Gasteiger partial charge on any atom is -0.497 e. The lowest BCUT2D eigenvalue weighted by atomic mass is 9.87. The second kappa shape index (κ2) is 9.74. The molecule has 1 aromatic heterocycles. The van der Waals surface area contributed by atoms with Crippen molar-refractivity contribution in [2.24, 2.45) is 5.92 Å². The molecule has 1 amide bonds. The molecule has 0 bridgehead atoms. The van der Waals surface area contributed by atoms with Gasteiger partial charge in [-0.2, -0.15) is 0 Å². The summed E-state index contributed by atoms with van der Waals surface area (Å²) in [7, 11) is 3.09. The van der Waals surface area contributed by atoms with Gasteiger partial charge in [-0.15, -0.1) is 5.10 Å². The highest BCUT2D eigenvalue weighted by molar-refractivity contribution is 7.03. The number of methoxy groups -OCH3 is 2. The van der Waals surface area contributed by atoms with Gasteiger partial charge in [0.25, 0.3) is 0 Å². The van der Waals surface area contributed by atoms with Crippen molar-refractivity contribution in [3.8, 4) is 5.75 Å². The maximum Gasteiger partial charge on any atom is 0.308 e. The van der Waals surface area contributed by atoms with Crippen LogP contribution in [0.5, 0.6) is 5.75 Å². The lowest BCUT2D eigenvalue weighted by Gasteiger charge is -2.31. The van der Waals surface area contributed by atoms with E-state index in [9.17, 15) is 9.59 Å². The van der Waals surface area contributed by atoms with Crippen molar-refractivity contribution in [2.75, 3.05) is 46.9 Å². The number of hydrogen-bond donors (Lipinski definition) is 0. The fourth-order valence-electron chi connectivity index (χ4n) is 4.64. The summed E-state index contributed by atoms with van der Waals surface area (Å²) in [6.07, 6.45) is 1.47. The van der Waals surface area contributed by atoms with E-state index in [1.807, 2.05) is 28.5 Å². The molecule has 0 spiro atoms. The van der Waals surface area contributed by atoms with Crippen LogP contribution < -0.4 is 4.74 Å². The molecule has 0 radical (unpaired) electrons. The van der Waals surface area contributed by atoms with Crippen molar-refractivity contribution in [1.82, 2.24) is 19.4 Å². The van der Waals surface area contributed by atoms with Crippen molar-refractivity contribution < 1.29 is 19.1 Å². The lowest BCUT2D eigenvalue weighted by Crippen LogP contribution is -2.43. The molecule has 8 nitrogen and oxygen atoms in total. The topological polar surface area (TPSA) is 84.9 Å². The Hall–Kier alpha value is -2.52. The van der Waals surface area contributed by atoms with Gasteiger partial charge in [-0.05, 0) is 55.2 Å². The molecule has 3 heterocycles. The number of hydrogen-bond acceptors (Lipinski definition) is 8. The monoisotopic (exact) mass is 444 g/mol. The first-order valence-corrected chi connectivity index (χ1v) is 11.4. The van der Waals surface area contributed by atoms with E-state index >= 15 is 0 Å². The predicted molar refractivity (Wildman–Crippen MR) is 116 cm³/mol. The van der Waals surface area contributed by atoms with Crippen LogP contribution in [-0.4, -0.2) is 78.2 Å². The van der Waals surface area contributed by atoms with Crippen molar-refractivity contribution in [1.29, 1.82) is 0 Å². The number of piperidine rings is 1. The lowest BCUT2D eigenvalue weighted by molar-refractivity contribution is -0.147. The first-order valence-electron chi connectivity index (χ1n) is 10.6. The van der Waals surface area contributed by atoms with Crippen molar-refractivity contribution in [3.05, 3.63) is 40.9 Å². The maximum atomic E-state index is 13.1. The molecule has 1 aromatic carbocycles. The zero-order valence-electron chi connectivity index (χ0n) is 17.9. The van der Waals surface area contributed by atoms with E-state index < -0.39 is 0 Å². The van der Waals surface area contributed by atoms with Gasteiger partial charge in [0.05, 0.1) is 32.4 Å². The van der Waals surface area contributed by atoms with Gasteiger partial charge in [0.15, 0.2) is 0 Å². The Morgan fingerprint density at radius 1 is 1.16 bits per heavy atom. The zero-order valence-corrected chi connectivity index (χ0v) is 18.7. The molecular formula is C22H28N4O4S. The highest BCUT2D eigenvalue weighted by Crippen LogP contribution is 2.40. The SMILES string of the molecule is COC(=O)C1CCN(CC(=O)N2C[C@@H](c3cccc(OC)c3)[C@H](c3csnn3)C2)CC1. The van der Waals surface area contributed by atoms with Gasteiger partial charge in [0, 0.05) is 30.3 Å². The number of ether oxygens (including phenoxy) is 2. The Morgan fingerprint density at radius 3 is 2.61 bits per heavy atom. The third-order valence-corrected chi connectivity index (χ3v) is 6.96. The Balaban J connectivity index is 1.43. The quantitative estimate of drug-likeness (QED) is 0.631. The standard InChI is InChI=1S/C22H28N4O4S/c1-29-17-5-3-4-16(10-17)18-11-26(12-19(18)20-14-31-24-23-20)21(27)13-25-8-6-15(7-9-25)22(28)30-2/h3-5,10,14-15,18-19H,6-9,11-13H2,1-2H3/t18-,19+/m0/s1. The molecule has 4 rings (SSSR count). The Labute approximate surface area is 186 Å². The van der Waals surface area contributed by atoms with Gasteiger partial charge in [-0.1, -0.05) is 16.6 Å². The Morgan fingerprint density at radius 2 is 1.94 bits per heavy atom. The molecule has 2 saturated heterocycles. The van der Waals surface area contributed by atoms with Gasteiger partial charge < -0.3 is 14.4 Å². The number of carbonyl (C=O) groups is 2. The summed E-state index contributed by atoms with van der Waals surface area (Å²) < 4.78 is 14.3. The molecule has 2 aromatic rings. The molecule has 31 heavy (non-hydrogen) atoms. The maximum absolute atomic E-state index is 13.1. The van der Waals surface area contributed by atoms with Crippen LogP contribution >= 0.6 is 11.5 Å². The van der Waals surface area contributed by atoms with Crippen LogP contribution in [-0.2, 0) is 14.3 Å². The fourth-order valence-corrected chi connectivity index (χ4v) is 5.15. The minimum atomic E-state index is -0.147. The number of benzene rings is 1. The summed E-state index contributed by atoms with van der Waals surface area (Å²) in [5, 5.41) is 6.28. The molecule has 2 aliphatic heterocycles. The van der Waals surface area contributed by atoms with Crippen molar-refractivity contribution in [3.63, 3.8) is 0 Å². The van der Waals surface area contributed by atoms with E-state index in [-0.39, 0.29) is 29.6 Å². The highest BCUT2D eigenvalue weighted by Gasteiger charge is 2.39. The van der Waals surface area contributed by atoms with Gasteiger partial charge in [-0.3, -0.25) is 14.5 Å². The second-order valence-corrected chi connectivity index (χ2v) is 8.80. The summed E-state index contributed by atoms with van der Waals surface area (Å²) in [4.78, 5) is 29.0. The predicted octanol–water partition coefficient (Wildman–Crippen LogP) is 2.14. The average molecular weight is 445 g/mol. The van der Waals surface area contributed by atoms with Gasteiger partial charge in [0.1, 0.15) is 5.75 Å². The number of nitrogens with zero attached hydrogens (tertiary/aromatic N) is 4. The number of likely N-dealkylation sites (tertiary alicyclic amines) is 2. The number of carbonyl (C=O) groups excluding carboxylic acids is 2. The third-order valence-electron chi connectivity index (χ3n) is 6.43. The number of rotatable bonds is 6. The first-order chi connectivity index (χ1) is 15.1. The van der Waals surface area contributed by atoms with Gasteiger partial charge in [-0.25, -0.2) is 0 Å². The molecule has 2 fully saturated rings. The van der Waals surface area contributed by atoms with E-state index in [0.29, 0.717) is 19.6 Å². The normalized spacial score (nSPS) is 22.5. The summed E-state index contributed by atoms with van der Waals surface area (Å²) in [5.74, 6) is 0.988. The highest BCUT2D eigenvalue weighted by atomic mass is 32.1. The first kappa shape index (κ1) is 21.7. The van der Waals surface area contributed by atoms with E-state index in [0.717, 1.165) is 42.9 Å². The summed E-state index contributed by atoms with van der Waals surface area (Å²) >= 11 is 1.34. The molecule has 9 heteroatoms. The fraction of sp³-hybridized carbons (Fsp3) is 0.545. The zero-order chi connectivity index (χ0) is 21.8. The van der Waals surface area contributed by atoms with E-state index in [1.165, 1.54) is 18.6 Å². The number of esters is 1. The van der Waals surface area contributed by atoms with Gasteiger partial charge >= 0.3 is 5.97 Å². The van der Waals surface area contributed by atoms with Crippen LogP contribution in [0.3, 0.4) is 0 Å². The van der Waals surface area contributed by atoms with E-state index in [1.54, 1.807) is 7.11 Å². The molecule has 0 N–H and O–H groups in total. The Bertz CT molecular complexity index is 899. The van der Waals surface area contributed by atoms with Crippen LogP contribution in [0, 0.1) is 5.92 Å². The molecule has 0 unspecified atom stereocenters. The molecule has 2 atom stereocenters. The third kappa shape index (κ3) is 4.88. The molecular weight excluding hydrogens is 416 g/mol. The van der Waals surface area contributed by atoms with Crippen LogP contribution in [0.1, 0.15) is 35.9 Å². The average Bonchev–Trinajstić information content (AvgIpc) is 3.49. The Kier molecular flexibility index (Phi) is 6.82. The molecule has 2 aliphatic rings. The van der Waals surface area contributed by atoms with E-state index in [2.05, 4.69) is 20.6 Å². The molecule has 166 valence electrons. The smallest absolute Gasteiger partial charge is 0.308 e. The number of aromatic nitrogens is 2. The van der Waals surface area contributed by atoms with Gasteiger partial charge in [0.2, 0.25) is 5.91 Å². The molecule has 0 aliphatic carbocycles. The van der Waals surface area contributed by atoms with E-state index in [4.69, 9.17) is 9.47 Å². The summed E-state index contributed by atoms with van der Waals surface area (Å²) in [5.41, 5.74) is 2.08. The van der Waals surface area contributed by atoms with Crippen molar-refractivity contribution >= 4 is 23.4 Å². The van der Waals surface area contributed by atoms with Crippen LogP contribution in [0.2, 0.25) is 0 Å². The van der Waals surface area contributed by atoms with Crippen LogP contribution in [0.4, 0.5) is 0 Å². The largest absolute Gasteiger partial charge is 0.497 e. The minimum absolute atomic E-state index is 0.0536.